The molecule has 3 nitrogen and oxygen atoms in total. The Bertz CT molecular complexity index is 281. The lowest BCUT2D eigenvalue weighted by Crippen LogP contribution is -2.18. The lowest BCUT2D eigenvalue weighted by atomic mass is 10.2. The second-order valence-corrected chi connectivity index (χ2v) is 3.07. The van der Waals surface area contributed by atoms with Crippen molar-refractivity contribution in [1.29, 1.82) is 0 Å². The largest absolute Gasteiger partial charge is 0.395 e. The van der Waals surface area contributed by atoms with E-state index in [1.165, 1.54) is 6.08 Å². The molecule has 0 aliphatic heterocycles. The average Bonchev–Trinajstić information content (AvgIpc) is 2.28. The molecule has 0 saturated heterocycles. The van der Waals surface area contributed by atoms with E-state index in [2.05, 4.69) is 0 Å². The molecule has 1 rings (SSSR count). The minimum absolute atomic E-state index is 0.0602. The van der Waals surface area contributed by atoms with Crippen molar-refractivity contribution in [2.45, 2.75) is 13.0 Å². The number of hydrogen-bond donors (Lipinski definition) is 2. The summed E-state index contributed by atoms with van der Waals surface area (Å²) in [6.07, 6.45) is 4.02. The Balaban J connectivity index is 0.000000336. The van der Waals surface area contributed by atoms with E-state index in [1.807, 2.05) is 30.3 Å². The number of aldehydes is 1. The van der Waals surface area contributed by atoms with Crippen LogP contribution in [0.4, 0.5) is 0 Å². The molecule has 0 heterocycles. The Hall–Kier alpha value is -1.45. The van der Waals surface area contributed by atoms with Crippen LogP contribution < -0.4 is 5.73 Å². The highest BCUT2D eigenvalue weighted by atomic mass is 16.3. The van der Waals surface area contributed by atoms with Crippen LogP contribution in [0.25, 0.3) is 6.08 Å². The molecule has 0 bridgehead atoms. The van der Waals surface area contributed by atoms with Crippen LogP contribution in [-0.2, 0) is 4.79 Å². The number of rotatable bonds is 3. The van der Waals surface area contributed by atoms with Gasteiger partial charge in [0.2, 0.25) is 0 Å². The molecule has 3 heteroatoms. The minimum atomic E-state index is -0.0602. The van der Waals surface area contributed by atoms with Gasteiger partial charge < -0.3 is 10.8 Å². The van der Waals surface area contributed by atoms with Crippen molar-refractivity contribution in [3.8, 4) is 0 Å². The lowest BCUT2D eigenvalue weighted by molar-refractivity contribution is -0.104. The third kappa shape index (κ3) is 8.87. The van der Waals surface area contributed by atoms with Gasteiger partial charge in [-0.2, -0.15) is 0 Å². The van der Waals surface area contributed by atoms with E-state index in [4.69, 9.17) is 10.8 Å². The predicted octanol–water partition coefficient (Wildman–Crippen LogP) is 1.22. The van der Waals surface area contributed by atoms with Gasteiger partial charge in [-0.25, -0.2) is 0 Å². The Morgan fingerprint density at radius 3 is 2.33 bits per heavy atom. The van der Waals surface area contributed by atoms with Gasteiger partial charge >= 0.3 is 0 Å². The van der Waals surface area contributed by atoms with E-state index in [1.54, 1.807) is 13.0 Å². The van der Waals surface area contributed by atoms with E-state index in [9.17, 15) is 4.79 Å². The zero-order valence-electron chi connectivity index (χ0n) is 8.84. The molecule has 3 N–H and O–H groups in total. The van der Waals surface area contributed by atoms with Crippen LogP contribution in [0.3, 0.4) is 0 Å². The highest BCUT2D eigenvalue weighted by Gasteiger charge is 1.81. The summed E-state index contributed by atoms with van der Waals surface area (Å²) in [5.41, 5.74) is 6.09. The number of carbonyl (C=O) groups excluding carboxylic acids is 1. The van der Waals surface area contributed by atoms with Gasteiger partial charge in [0.05, 0.1) is 6.61 Å². The Morgan fingerprint density at radius 1 is 1.40 bits per heavy atom. The van der Waals surface area contributed by atoms with E-state index in [0.29, 0.717) is 0 Å². The van der Waals surface area contributed by atoms with Crippen molar-refractivity contribution in [3.63, 3.8) is 0 Å². The summed E-state index contributed by atoms with van der Waals surface area (Å²) in [4.78, 5) is 9.89. The summed E-state index contributed by atoms with van der Waals surface area (Å²) in [5, 5.41) is 8.02. The van der Waals surface area contributed by atoms with Crippen molar-refractivity contribution >= 4 is 12.4 Å². The quantitative estimate of drug-likeness (QED) is 0.578. The van der Waals surface area contributed by atoms with Gasteiger partial charge in [-0.15, -0.1) is 0 Å². The first-order valence-corrected chi connectivity index (χ1v) is 4.74. The van der Waals surface area contributed by atoms with Crippen molar-refractivity contribution in [2.24, 2.45) is 5.73 Å². The maximum Gasteiger partial charge on any atom is 0.142 e. The van der Waals surface area contributed by atoms with Crippen LogP contribution in [0.5, 0.6) is 0 Å². The summed E-state index contributed by atoms with van der Waals surface area (Å²) < 4.78 is 0. The standard InChI is InChI=1S/C9H8O.C3H9NO/c10-8-4-7-9-5-2-1-3-6-9;1-3(4)2-5/h1-8H;3,5H,2,4H2,1H3/b7-4+;. The average molecular weight is 207 g/mol. The van der Waals surface area contributed by atoms with Gasteiger partial charge in [0, 0.05) is 6.04 Å². The van der Waals surface area contributed by atoms with Crippen LogP contribution in [-0.4, -0.2) is 24.0 Å². The number of aliphatic hydroxyl groups is 1. The molecule has 0 aliphatic rings. The maximum absolute atomic E-state index is 9.89. The molecule has 1 aromatic carbocycles. The third-order valence-electron chi connectivity index (χ3n) is 1.45. The summed E-state index contributed by atoms with van der Waals surface area (Å²) >= 11 is 0. The number of allylic oxidation sites excluding steroid dienone is 1. The van der Waals surface area contributed by atoms with Crippen molar-refractivity contribution in [2.75, 3.05) is 6.61 Å². The van der Waals surface area contributed by atoms with Gasteiger partial charge in [0.15, 0.2) is 0 Å². The molecule has 1 atom stereocenters. The van der Waals surface area contributed by atoms with Crippen LogP contribution >= 0.6 is 0 Å². The SMILES string of the molecule is CC(N)CO.O=C/C=C/c1ccccc1. The fourth-order valence-electron chi connectivity index (χ4n) is 0.715. The van der Waals surface area contributed by atoms with E-state index in [-0.39, 0.29) is 12.6 Å². The zero-order valence-corrected chi connectivity index (χ0v) is 8.84. The number of nitrogens with two attached hydrogens (primary N) is 1. The van der Waals surface area contributed by atoms with Crippen molar-refractivity contribution in [1.82, 2.24) is 0 Å². The smallest absolute Gasteiger partial charge is 0.142 e. The van der Waals surface area contributed by atoms with Crippen LogP contribution in [0, 0.1) is 0 Å². The van der Waals surface area contributed by atoms with Crippen LogP contribution in [0.1, 0.15) is 12.5 Å². The minimum Gasteiger partial charge on any atom is -0.395 e. The Morgan fingerprint density at radius 2 is 1.93 bits per heavy atom. The second-order valence-electron chi connectivity index (χ2n) is 3.07. The van der Waals surface area contributed by atoms with Gasteiger partial charge in [-0.3, -0.25) is 4.79 Å². The molecule has 0 radical (unpaired) electrons. The fraction of sp³-hybridized carbons (Fsp3) is 0.250. The molecular weight excluding hydrogens is 190 g/mol. The maximum atomic E-state index is 9.89. The van der Waals surface area contributed by atoms with Crippen molar-refractivity contribution < 1.29 is 9.90 Å². The lowest BCUT2D eigenvalue weighted by Gasteiger charge is -1.91. The van der Waals surface area contributed by atoms with Gasteiger partial charge in [0.1, 0.15) is 6.29 Å². The monoisotopic (exact) mass is 207 g/mol. The fourth-order valence-corrected chi connectivity index (χ4v) is 0.715. The summed E-state index contributed by atoms with van der Waals surface area (Å²) in [6, 6.07) is 9.64. The van der Waals surface area contributed by atoms with Gasteiger partial charge in [0.25, 0.3) is 0 Å². The van der Waals surface area contributed by atoms with Crippen LogP contribution in [0.2, 0.25) is 0 Å². The molecular formula is C12H17NO2. The molecule has 0 aliphatic carbocycles. The summed E-state index contributed by atoms with van der Waals surface area (Å²) in [6.45, 7) is 1.83. The number of aliphatic hydroxyl groups excluding tert-OH is 1. The summed E-state index contributed by atoms with van der Waals surface area (Å²) in [5.74, 6) is 0. The molecule has 0 fully saturated rings. The first kappa shape index (κ1) is 13.5. The second kappa shape index (κ2) is 9.12. The first-order valence-electron chi connectivity index (χ1n) is 4.74. The van der Waals surface area contributed by atoms with Gasteiger partial charge in [-0.1, -0.05) is 36.4 Å². The first-order chi connectivity index (χ1) is 7.20. The molecule has 15 heavy (non-hydrogen) atoms. The zero-order chi connectivity index (χ0) is 11.5. The molecule has 0 amide bonds. The molecule has 1 aromatic rings. The highest BCUT2D eigenvalue weighted by Crippen LogP contribution is 1.99. The normalized spacial score (nSPS) is 11.7. The number of benzene rings is 1. The number of carbonyl (C=O) groups is 1. The van der Waals surface area contributed by atoms with E-state index < -0.39 is 0 Å². The van der Waals surface area contributed by atoms with Gasteiger partial charge in [-0.05, 0) is 18.6 Å². The van der Waals surface area contributed by atoms with Crippen molar-refractivity contribution in [3.05, 3.63) is 42.0 Å². The Kier molecular flexibility index (Phi) is 8.24. The van der Waals surface area contributed by atoms with E-state index in [0.717, 1.165) is 11.8 Å². The topological polar surface area (TPSA) is 63.3 Å². The third-order valence-corrected chi connectivity index (χ3v) is 1.45. The predicted molar refractivity (Wildman–Crippen MR) is 62.3 cm³/mol. The highest BCUT2D eigenvalue weighted by molar-refractivity contribution is 5.73. The molecule has 0 spiro atoms. The molecule has 1 unspecified atom stereocenters. The molecule has 82 valence electrons. The van der Waals surface area contributed by atoms with E-state index >= 15 is 0 Å². The molecule has 0 saturated carbocycles. The molecule has 0 aromatic heterocycles. The summed E-state index contributed by atoms with van der Waals surface area (Å²) in [7, 11) is 0. The number of hydrogen-bond acceptors (Lipinski definition) is 3. The Labute approximate surface area is 90.2 Å². The van der Waals surface area contributed by atoms with Crippen LogP contribution in [0.15, 0.2) is 36.4 Å².